The molecule has 0 aliphatic carbocycles. The molecule has 1 N–H and O–H groups in total. The number of oxime groups is 1. The van der Waals surface area contributed by atoms with E-state index in [-0.39, 0.29) is 5.60 Å². The van der Waals surface area contributed by atoms with Crippen molar-refractivity contribution in [2.45, 2.75) is 19.4 Å². The second-order valence-corrected chi connectivity index (χ2v) is 4.38. The Kier molecular flexibility index (Phi) is 2.79. The van der Waals surface area contributed by atoms with E-state index in [1.165, 1.54) is 6.21 Å². The van der Waals surface area contributed by atoms with Crippen LogP contribution in [0.5, 0.6) is 11.5 Å². The highest BCUT2D eigenvalue weighted by Crippen LogP contribution is 2.38. The van der Waals surface area contributed by atoms with Crippen LogP contribution in [0, 0.1) is 0 Å². The van der Waals surface area contributed by atoms with Gasteiger partial charge in [0.25, 0.3) is 0 Å². The summed E-state index contributed by atoms with van der Waals surface area (Å²) in [6, 6.07) is 3.65. The molecule has 1 aliphatic heterocycles. The van der Waals surface area contributed by atoms with E-state index < -0.39 is 0 Å². The summed E-state index contributed by atoms with van der Waals surface area (Å²) in [6.07, 6.45) is 5.27. The molecular formula is C13H15NO3. The number of ether oxygens (including phenoxy) is 2. The maximum absolute atomic E-state index is 8.59. The Labute approximate surface area is 100 Å². The van der Waals surface area contributed by atoms with Crippen molar-refractivity contribution in [3.8, 4) is 11.5 Å². The maximum atomic E-state index is 8.59. The molecule has 1 heterocycles. The fraction of sp³-hybridized carbons (Fsp3) is 0.308. The molecule has 0 saturated carbocycles. The van der Waals surface area contributed by atoms with Crippen molar-refractivity contribution >= 4 is 12.3 Å². The lowest BCUT2D eigenvalue weighted by Crippen LogP contribution is -2.27. The normalized spacial score (nSPS) is 16.6. The van der Waals surface area contributed by atoms with Gasteiger partial charge in [-0.1, -0.05) is 5.16 Å². The van der Waals surface area contributed by atoms with E-state index in [1.807, 2.05) is 32.1 Å². The Balaban J connectivity index is 2.56. The van der Waals surface area contributed by atoms with Gasteiger partial charge in [-0.05, 0) is 38.1 Å². The van der Waals surface area contributed by atoms with Crippen LogP contribution < -0.4 is 9.47 Å². The van der Waals surface area contributed by atoms with E-state index in [9.17, 15) is 0 Å². The summed E-state index contributed by atoms with van der Waals surface area (Å²) in [5.74, 6) is 1.41. The standard InChI is InChI=1S/C13H15NO3/c1-13(2)7-6-10-11(17-13)5-4-9(8-14-15)12(10)16-3/h4-8,15H,1-3H3. The van der Waals surface area contributed by atoms with Crippen molar-refractivity contribution in [2.24, 2.45) is 5.16 Å². The van der Waals surface area contributed by atoms with Gasteiger partial charge in [-0.3, -0.25) is 0 Å². The van der Waals surface area contributed by atoms with Gasteiger partial charge in [0.2, 0.25) is 0 Å². The number of nitrogens with zero attached hydrogens (tertiary/aromatic N) is 1. The molecule has 0 atom stereocenters. The molecule has 4 heteroatoms. The van der Waals surface area contributed by atoms with Crippen LogP contribution in [0.4, 0.5) is 0 Å². The maximum Gasteiger partial charge on any atom is 0.138 e. The van der Waals surface area contributed by atoms with Crippen LogP contribution in [0.2, 0.25) is 0 Å². The minimum atomic E-state index is -0.315. The predicted octanol–water partition coefficient (Wildman–Crippen LogP) is 2.69. The molecule has 0 spiro atoms. The summed E-state index contributed by atoms with van der Waals surface area (Å²) in [5, 5.41) is 11.6. The molecule has 0 amide bonds. The summed E-state index contributed by atoms with van der Waals surface area (Å²) in [5.41, 5.74) is 1.26. The zero-order chi connectivity index (χ0) is 12.5. The van der Waals surface area contributed by atoms with E-state index >= 15 is 0 Å². The molecule has 17 heavy (non-hydrogen) atoms. The first kappa shape index (κ1) is 11.5. The van der Waals surface area contributed by atoms with Gasteiger partial charge in [0.1, 0.15) is 17.1 Å². The number of hydrogen-bond acceptors (Lipinski definition) is 4. The molecule has 90 valence electrons. The molecule has 1 aromatic carbocycles. The van der Waals surface area contributed by atoms with Crippen molar-refractivity contribution in [3.63, 3.8) is 0 Å². The Morgan fingerprint density at radius 2 is 2.18 bits per heavy atom. The number of rotatable bonds is 2. The minimum Gasteiger partial charge on any atom is -0.495 e. The summed E-state index contributed by atoms with van der Waals surface area (Å²) in [6.45, 7) is 3.98. The number of hydrogen-bond donors (Lipinski definition) is 1. The van der Waals surface area contributed by atoms with E-state index in [0.717, 1.165) is 11.3 Å². The Hall–Kier alpha value is -1.97. The van der Waals surface area contributed by atoms with Gasteiger partial charge in [0, 0.05) is 5.56 Å². The van der Waals surface area contributed by atoms with Crippen LogP contribution >= 0.6 is 0 Å². The Morgan fingerprint density at radius 3 is 2.82 bits per heavy atom. The number of methoxy groups -OCH3 is 1. The molecule has 0 saturated heterocycles. The van der Waals surface area contributed by atoms with Crippen molar-refractivity contribution in [3.05, 3.63) is 29.3 Å². The molecule has 1 aromatic rings. The summed E-state index contributed by atoms with van der Waals surface area (Å²) < 4.78 is 11.2. The fourth-order valence-electron chi connectivity index (χ4n) is 1.84. The second kappa shape index (κ2) is 4.13. The van der Waals surface area contributed by atoms with Crippen molar-refractivity contribution in [1.82, 2.24) is 0 Å². The van der Waals surface area contributed by atoms with Crippen molar-refractivity contribution < 1.29 is 14.7 Å². The molecule has 2 rings (SSSR count). The lowest BCUT2D eigenvalue weighted by molar-refractivity contribution is 0.158. The molecule has 4 nitrogen and oxygen atoms in total. The van der Waals surface area contributed by atoms with E-state index in [2.05, 4.69) is 5.16 Å². The van der Waals surface area contributed by atoms with Crippen LogP contribution in [-0.2, 0) is 0 Å². The quantitative estimate of drug-likeness (QED) is 0.485. The van der Waals surface area contributed by atoms with Gasteiger partial charge in [-0.2, -0.15) is 0 Å². The van der Waals surface area contributed by atoms with Gasteiger partial charge < -0.3 is 14.7 Å². The minimum absolute atomic E-state index is 0.315. The molecular weight excluding hydrogens is 218 g/mol. The zero-order valence-electron chi connectivity index (χ0n) is 10.1. The molecule has 1 aliphatic rings. The summed E-state index contributed by atoms with van der Waals surface area (Å²) >= 11 is 0. The fourth-order valence-corrected chi connectivity index (χ4v) is 1.84. The van der Waals surface area contributed by atoms with Gasteiger partial charge in [-0.25, -0.2) is 0 Å². The lowest BCUT2D eigenvalue weighted by atomic mass is 10.00. The van der Waals surface area contributed by atoms with E-state index in [4.69, 9.17) is 14.7 Å². The molecule has 0 unspecified atom stereocenters. The topological polar surface area (TPSA) is 51.0 Å². The SMILES string of the molecule is COc1c(C=NO)ccc2c1C=CC(C)(C)O2. The number of benzene rings is 1. The highest BCUT2D eigenvalue weighted by atomic mass is 16.5. The first-order valence-corrected chi connectivity index (χ1v) is 5.34. The third-order valence-electron chi connectivity index (χ3n) is 2.61. The Morgan fingerprint density at radius 1 is 1.41 bits per heavy atom. The van der Waals surface area contributed by atoms with Gasteiger partial charge in [-0.15, -0.1) is 0 Å². The lowest BCUT2D eigenvalue weighted by Gasteiger charge is -2.28. The van der Waals surface area contributed by atoms with Crippen LogP contribution in [0.25, 0.3) is 6.08 Å². The van der Waals surface area contributed by atoms with Crippen LogP contribution in [0.1, 0.15) is 25.0 Å². The largest absolute Gasteiger partial charge is 0.495 e. The summed E-state index contributed by atoms with van der Waals surface area (Å²) in [7, 11) is 1.58. The number of fused-ring (bicyclic) bond motifs is 1. The first-order valence-electron chi connectivity index (χ1n) is 5.34. The predicted molar refractivity (Wildman–Crippen MR) is 66.1 cm³/mol. The first-order chi connectivity index (χ1) is 8.07. The second-order valence-electron chi connectivity index (χ2n) is 4.38. The monoisotopic (exact) mass is 233 g/mol. The van der Waals surface area contributed by atoms with Gasteiger partial charge in [0.05, 0.1) is 18.9 Å². The van der Waals surface area contributed by atoms with Crippen molar-refractivity contribution in [1.29, 1.82) is 0 Å². The van der Waals surface area contributed by atoms with Gasteiger partial charge in [0.15, 0.2) is 0 Å². The van der Waals surface area contributed by atoms with E-state index in [1.54, 1.807) is 13.2 Å². The molecule has 0 fully saturated rings. The van der Waals surface area contributed by atoms with Crippen LogP contribution in [0.15, 0.2) is 23.4 Å². The molecule has 0 radical (unpaired) electrons. The van der Waals surface area contributed by atoms with Gasteiger partial charge >= 0.3 is 0 Å². The average molecular weight is 233 g/mol. The van der Waals surface area contributed by atoms with E-state index in [0.29, 0.717) is 11.3 Å². The smallest absolute Gasteiger partial charge is 0.138 e. The van der Waals surface area contributed by atoms with Crippen LogP contribution in [0.3, 0.4) is 0 Å². The Bertz CT molecular complexity index is 490. The third-order valence-corrected chi connectivity index (χ3v) is 2.61. The van der Waals surface area contributed by atoms with Crippen LogP contribution in [-0.4, -0.2) is 24.1 Å². The highest BCUT2D eigenvalue weighted by Gasteiger charge is 2.24. The summed E-state index contributed by atoms with van der Waals surface area (Å²) in [4.78, 5) is 0. The molecule has 0 aromatic heterocycles. The zero-order valence-corrected chi connectivity index (χ0v) is 10.1. The highest BCUT2D eigenvalue weighted by molar-refractivity contribution is 5.87. The van der Waals surface area contributed by atoms with Crippen molar-refractivity contribution in [2.75, 3.05) is 7.11 Å². The average Bonchev–Trinajstić information content (AvgIpc) is 2.28. The molecule has 0 bridgehead atoms. The third kappa shape index (κ3) is 2.11.